The molecule has 6 heteroatoms. The molecule has 0 spiro atoms. The molecule has 0 radical (unpaired) electrons. The van der Waals surface area contributed by atoms with Crippen molar-refractivity contribution >= 4 is 24.4 Å². The van der Waals surface area contributed by atoms with Crippen molar-refractivity contribution in [1.82, 2.24) is 15.1 Å². The van der Waals surface area contributed by atoms with Crippen LogP contribution in [0.4, 0.5) is 0 Å². The molecule has 2 saturated heterocycles. The van der Waals surface area contributed by atoms with Gasteiger partial charge in [-0.2, -0.15) is 12.6 Å². The number of carbonyl (C=O) groups is 2. The molecule has 5 nitrogen and oxygen atoms in total. The van der Waals surface area contributed by atoms with Crippen molar-refractivity contribution in [2.45, 2.75) is 38.6 Å². The summed E-state index contributed by atoms with van der Waals surface area (Å²) in [5.41, 5.74) is 0. The van der Waals surface area contributed by atoms with Crippen LogP contribution in [0.25, 0.3) is 0 Å². The molecular formula is C15H27N3O2S. The Balaban J connectivity index is 1.76. The van der Waals surface area contributed by atoms with Gasteiger partial charge in [0.05, 0.1) is 0 Å². The van der Waals surface area contributed by atoms with Gasteiger partial charge >= 0.3 is 0 Å². The number of amides is 2. The molecule has 2 amide bonds. The lowest BCUT2D eigenvalue weighted by atomic mass is 9.96. The Labute approximate surface area is 132 Å². The van der Waals surface area contributed by atoms with Gasteiger partial charge in [0, 0.05) is 32.3 Å². The maximum absolute atomic E-state index is 12.4. The van der Waals surface area contributed by atoms with E-state index in [2.05, 4.69) is 22.8 Å². The summed E-state index contributed by atoms with van der Waals surface area (Å²) in [4.78, 5) is 27.9. The van der Waals surface area contributed by atoms with Crippen molar-refractivity contribution in [3.05, 3.63) is 0 Å². The highest BCUT2D eigenvalue weighted by Gasteiger charge is 2.29. The van der Waals surface area contributed by atoms with Crippen LogP contribution in [0, 0.1) is 5.92 Å². The van der Waals surface area contributed by atoms with Gasteiger partial charge in [-0.05, 0) is 44.7 Å². The average Bonchev–Trinajstić information content (AvgIpc) is 2.97. The summed E-state index contributed by atoms with van der Waals surface area (Å²) in [6, 6.07) is -0.485. The van der Waals surface area contributed by atoms with Crippen molar-refractivity contribution in [3.63, 3.8) is 0 Å². The minimum Gasteiger partial charge on any atom is -0.344 e. The molecule has 1 unspecified atom stereocenters. The van der Waals surface area contributed by atoms with E-state index in [1.165, 1.54) is 39.4 Å². The molecule has 120 valence electrons. The van der Waals surface area contributed by atoms with Crippen LogP contribution in [0.1, 0.15) is 32.6 Å². The molecule has 2 heterocycles. The predicted octanol–water partition coefficient (Wildman–Crippen LogP) is 0.755. The van der Waals surface area contributed by atoms with Crippen molar-refractivity contribution in [2.24, 2.45) is 5.92 Å². The summed E-state index contributed by atoms with van der Waals surface area (Å²) >= 11 is 4.18. The van der Waals surface area contributed by atoms with Crippen molar-refractivity contribution in [3.8, 4) is 0 Å². The Bertz CT molecular complexity index is 364. The lowest BCUT2D eigenvalue weighted by Gasteiger charge is -2.35. The van der Waals surface area contributed by atoms with E-state index in [0.717, 1.165) is 25.9 Å². The number of nitrogens with zero attached hydrogens (tertiary/aromatic N) is 2. The zero-order valence-corrected chi connectivity index (χ0v) is 13.8. The number of piperidine rings is 1. The molecule has 21 heavy (non-hydrogen) atoms. The summed E-state index contributed by atoms with van der Waals surface area (Å²) in [5.74, 6) is 0.903. The second-order valence-corrected chi connectivity index (χ2v) is 6.58. The molecule has 1 N–H and O–H groups in total. The van der Waals surface area contributed by atoms with E-state index in [0.29, 0.717) is 11.7 Å². The number of nitrogens with one attached hydrogen (secondary N) is 1. The second-order valence-electron chi connectivity index (χ2n) is 6.21. The van der Waals surface area contributed by atoms with E-state index in [1.54, 1.807) is 0 Å². The molecule has 0 aromatic carbocycles. The standard InChI is InChI=1S/C15H27N3O2S/c1-12(19)16-14(11-21)15(20)18-8-4-13(5-9-18)10-17-6-2-3-7-17/h13-14,21H,2-11H2,1H3,(H,16,19). The van der Waals surface area contributed by atoms with Gasteiger partial charge in [0.15, 0.2) is 0 Å². The number of likely N-dealkylation sites (tertiary alicyclic amines) is 2. The molecule has 2 aliphatic heterocycles. The monoisotopic (exact) mass is 313 g/mol. The zero-order chi connectivity index (χ0) is 15.2. The third-order valence-electron chi connectivity index (χ3n) is 4.50. The average molecular weight is 313 g/mol. The molecule has 0 saturated carbocycles. The predicted molar refractivity (Wildman–Crippen MR) is 86.4 cm³/mol. The van der Waals surface area contributed by atoms with Crippen LogP contribution in [0.15, 0.2) is 0 Å². The quantitative estimate of drug-likeness (QED) is 0.737. The lowest BCUT2D eigenvalue weighted by Crippen LogP contribution is -2.51. The normalized spacial score (nSPS) is 22.3. The summed E-state index contributed by atoms with van der Waals surface area (Å²) in [7, 11) is 0. The van der Waals surface area contributed by atoms with Gasteiger partial charge in [-0.25, -0.2) is 0 Å². The smallest absolute Gasteiger partial charge is 0.245 e. The van der Waals surface area contributed by atoms with Crippen molar-refractivity contribution in [2.75, 3.05) is 38.5 Å². The van der Waals surface area contributed by atoms with Gasteiger partial charge in [-0.15, -0.1) is 0 Å². The van der Waals surface area contributed by atoms with Crippen LogP contribution < -0.4 is 5.32 Å². The van der Waals surface area contributed by atoms with Gasteiger partial charge in [0.2, 0.25) is 11.8 Å². The first-order chi connectivity index (χ1) is 10.1. The van der Waals surface area contributed by atoms with E-state index < -0.39 is 6.04 Å². The number of rotatable bonds is 5. The minimum atomic E-state index is -0.485. The molecule has 2 rings (SSSR count). The third kappa shape index (κ3) is 4.88. The fraction of sp³-hybridized carbons (Fsp3) is 0.867. The summed E-state index contributed by atoms with van der Waals surface area (Å²) < 4.78 is 0. The van der Waals surface area contributed by atoms with Gasteiger partial charge < -0.3 is 15.1 Å². The SMILES string of the molecule is CC(=O)NC(CS)C(=O)N1CCC(CN2CCCC2)CC1. The van der Waals surface area contributed by atoms with Gasteiger partial charge in [0.25, 0.3) is 0 Å². The fourth-order valence-corrected chi connectivity index (χ4v) is 3.56. The van der Waals surface area contributed by atoms with E-state index in [9.17, 15) is 9.59 Å². The first-order valence-corrected chi connectivity index (χ1v) is 8.62. The van der Waals surface area contributed by atoms with Crippen LogP contribution in [0.3, 0.4) is 0 Å². The molecule has 0 aliphatic carbocycles. The van der Waals surface area contributed by atoms with E-state index in [1.807, 2.05) is 4.90 Å². The second kappa shape index (κ2) is 8.03. The van der Waals surface area contributed by atoms with Crippen LogP contribution in [0.5, 0.6) is 0 Å². The van der Waals surface area contributed by atoms with Crippen LogP contribution in [-0.4, -0.2) is 66.1 Å². The number of thiol groups is 1. The van der Waals surface area contributed by atoms with Gasteiger partial charge in [-0.1, -0.05) is 0 Å². The highest BCUT2D eigenvalue weighted by molar-refractivity contribution is 7.80. The number of hydrogen-bond donors (Lipinski definition) is 2. The lowest BCUT2D eigenvalue weighted by molar-refractivity contribution is -0.136. The van der Waals surface area contributed by atoms with Crippen LogP contribution in [0.2, 0.25) is 0 Å². The Morgan fingerprint density at radius 2 is 1.81 bits per heavy atom. The molecule has 0 bridgehead atoms. The third-order valence-corrected chi connectivity index (χ3v) is 4.86. The molecule has 2 aliphatic rings. The zero-order valence-electron chi connectivity index (χ0n) is 12.9. The fourth-order valence-electron chi connectivity index (χ4n) is 3.32. The Kier molecular flexibility index (Phi) is 6.36. The number of carbonyl (C=O) groups excluding carboxylic acids is 2. The van der Waals surface area contributed by atoms with Gasteiger partial charge in [0.1, 0.15) is 6.04 Å². The summed E-state index contributed by atoms with van der Waals surface area (Å²) in [5, 5.41) is 2.68. The maximum atomic E-state index is 12.4. The maximum Gasteiger partial charge on any atom is 0.245 e. The Morgan fingerprint density at radius 1 is 1.19 bits per heavy atom. The highest BCUT2D eigenvalue weighted by atomic mass is 32.1. The van der Waals surface area contributed by atoms with E-state index in [4.69, 9.17) is 0 Å². The summed E-state index contributed by atoms with van der Waals surface area (Å²) in [6.45, 7) is 6.71. The van der Waals surface area contributed by atoms with Crippen molar-refractivity contribution < 1.29 is 9.59 Å². The largest absolute Gasteiger partial charge is 0.344 e. The van der Waals surface area contributed by atoms with Crippen molar-refractivity contribution in [1.29, 1.82) is 0 Å². The molecule has 1 atom stereocenters. The number of hydrogen-bond acceptors (Lipinski definition) is 4. The molecule has 0 aromatic rings. The van der Waals surface area contributed by atoms with Gasteiger partial charge in [-0.3, -0.25) is 9.59 Å². The minimum absolute atomic E-state index is 0.0137. The Morgan fingerprint density at radius 3 is 2.33 bits per heavy atom. The van der Waals surface area contributed by atoms with E-state index in [-0.39, 0.29) is 11.8 Å². The first-order valence-electron chi connectivity index (χ1n) is 7.99. The summed E-state index contributed by atoms with van der Waals surface area (Å²) in [6.07, 6.45) is 4.80. The first kappa shape index (κ1) is 16.6. The van der Waals surface area contributed by atoms with Crippen LogP contribution in [-0.2, 0) is 9.59 Å². The van der Waals surface area contributed by atoms with E-state index >= 15 is 0 Å². The highest BCUT2D eigenvalue weighted by Crippen LogP contribution is 2.21. The molecule has 2 fully saturated rings. The molecular weight excluding hydrogens is 286 g/mol. The molecule has 0 aromatic heterocycles. The van der Waals surface area contributed by atoms with Crippen LogP contribution >= 0.6 is 12.6 Å². The topological polar surface area (TPSA) is 52.7 Å². The Hall–Kier alpha value is -0.750.